The lowest BCUT2D eigenvalue weighted by molar-refractivity contribution is -0.113. The maximum atomic E-state index is 12.4. The van der Waals surface area contributed by atoms with Crippen LogP contribution in [0.1, 0.15) is 40.4 Å². The molecule has 8 nitrogen and oxygen atoms in total. The topological polar surface area (TPSA) is 102 Å². The second-order valence-corrected chi connectivity index (χ2v) is 8.39. The van der Waals surface area contributed by atoms with E-state index in [1.54, 1.807) is 16.7 Å². The fraction of sp³-hybridized carbons (Fsp3) is 0.316. The van der Waals surface area contributed by atoms with Crippen molar-refractivity contribution in [3.63, 3.8) is 0 Å². The van der Waals surface area contributed by atoms with Crippen molar-refractivity contribution in [1.82, 2.24) is 25.1 Å². The Morgan fingerprint density at radius 3 is 2.59 bits per heavy atom. The van der Waals surface area contributed by atoms with Crippen molar-refractivity contribution < 1.29 is 9.59 Å². The lowest BCUT2D eigenvalue weighted by Gasteiger charge is -2.13. The predicted octanol–water partition coefficient (Wildman–Crippen LogP) is 3.11. The molecule has 3 aromatic rings. The molecule has 0 aliphatic heterocycles. The molecule has 0 fully saturated rings. The Balaban J connectivity index is 1.57. The van der Waals surface area contributed by atoms with Crippen LogP contribution in [0.25, 0.3) is 0 Å². The first-order valence-electron chi connectivity index (χ1n) is 8.95. The minimum Gasteiger partial charge on any atom is -0.342 e. The predicted molar refractivity (Wildman–Crippen MR) is 114 cm³/mol. The van der Waals surface area contributed by atoms with Crippen LogP contribution in [0.4, 0.5) is 5.13 Å². The van der Waals surface area contributed by atoms with Crippen LogP contribution in [-0.2, 0) is 11.8 Å². The van der Waals surface area contributed by atoms with E-state index in [9.17, 15) is 9.59 Å². The highest BCUT2D eigenvalue weighted by molar-refractivity contribution is 7.99. The Labute approximate surface area is 177 Å². The molecule has 0 aliphatic rings. The van der Waals surface area contributed by atoms with Crippen molar-refractivity contribution >= 4 is 40.0 Å². The zero-order valence-corrected chi connectivity index (χ0v) is 18.2. The number of carbonyl (C=O) groups is 2. The fourth-order valence-electron chi connectivity index (χ4n) is 2.58. The van der Waals surface area contributed by atoms with Crippen LogP contribution in [0.3, 0.4) is 0 Å². The molecular formula is C19H22N6O2S2. The molecule has 1 atom stereocenters. The lowest BCUT2D eigenvalue weighted by Crippen LogP contribution is -2.28. The van der Waals surface area contributed by atoms with Crippen LogP contribution in [-0.4, -0.2) is 37.3 Å². The summed E-state index contributed by atoms with van der Waals surface area (Å²) in [6, 6.07) is 7.04. The Morgan fingerprint density at radius 2 is 1.93 bits per heavy atom. The molecule has 2 heterocycles. The number of nitrogens with zero attached hydrogens (tertiary/aromatic N) is 4. The van der Waals surface area contributed by atoms with E-state index < -0.39 is 0 Å². The number of amides is 2. The largest absolute Gasteiger partial charge is 0.342 e. The Hall–Kier alpha value is -2.72. The Morgan fingerprint density at radius 1 is 1.21 bits per heavy atom. The minimum atomic E-state index is -0.331. The number of hydrogen-bond donors (Lipinski definition) is 2. The number of nitrogens with one attached hydrogen (secondary N) is 2. The van der Waals surface area contributed by atoms with Crippen LogP contribution < -0.4 is 10.6 Å². The van der Waals surface area contributed by atoms with Gasteiger partial charge in [0.05, 0.1) is 17.5 Å². The average molecular weight is 431 g/mol. The van der Waals surface area contributed by atoms with Gasteiger partial charge in [-0.05, 0) is 32.9 Å². The van der Waals surface area contributed by atoms with E-state index in [0.717, 1.165) is 11.3 Å². The van der Waals surface area contributed by atoms with Crippen molar-refractivity contribution in [1.29, 1.82) is 0 Å². The molecule has 0 saturated carbocycles. The SMILES string of the molecule is Cc1ccc(C(=O)N[C@@H](C)c2nnc(SCC(=O)Nc3nc(C)cs3)n2C)cc1. The number of carbonyl (C=O) groups excluding carboxylic acids is 2. The summed E-state index contributed by atoms with van der Waals surface area (Å²) in [5.74, 6) is 0.473. The molecule has 3 rings (SSSR count). The van der Waals surface area contributed by atoms with Crippen LogP contribution in [0.2, 0.25) is 0 Å². The fourth-order valence-corrected chi connectivity index (χ4v) is 4.00. The van der Waals surface area contributed by atoms with Gasteiger partial charge in [0.15, 0.2) is 16.1 Å². The molecule has 2 aromatic heterocycles. The summed E-state index contributed by atoms with van der Waals surface area (Å²) in [4.78, 5) is 28.7. The van der Waals surface area contributed by atoms with Crippen molar-refractivity contribution in [3.05, 3.63) is 52.3 Å². The summed E-state index contributed by atoms with van der Waals surface area (Å²) < 4.78 is 1.78. The smallest absolute Gasteiger partial charge is 0.251 e. The number of anilines is 1. The molecule has 1 aromatic carbocycles. The third-order valence-electron chi connectivity index (χ3n) is 4.11. The summed E-state index contributed by atoms with van der Waals surface area (Å²) in [5, 5.41) is 17.1. The number of thiazole rings is 1. The van der Waals surface area contributed by atoms with Crippen molar-refractivity contribution in [3.8, 4) is 0 Å². The Bertz CT molecular complexity index is 1010. The van der Waals surface area contributed by atoms with E-state index >= 15 is 0 Å². The number of aromatic nitrogens is 4. The zero-order chi connectivity index (χ0) is 21.0. The molecule has 0 saturated heterocycles. The van der Waals surface area contributed by atoms with Crippen LogP contribution in [0.5, 0.6) is 0 Å². The standard InChI is InChI=1S/C19H22N6O2S2/c1-11-5-7-14(8-6-11)17(27)21-13(3)16-23-24-19(25(16)4)29-10-15(26)22-18-20-12(2)9-28-18/h5-9,13H,10H2,1-4H3,(H,21,27)(H,20,22,26)/t13-/m0/s1. The van der Waals surface area contributed by atoms with Gasteiger partial charge >= 0.3 is 0 Å². The monoisotopic (exact) mass is 430 g/mol. The highest BCUT2D eigenvalue weighted by atomic mass is 32.2. The highest BCUT2D eigenvalue weighted by Crippen LogP contribution is 2.20. The maximum Gasteiger partial charge on any atom is 0.251 e. The molecule has 2 N–H and O–H groups in total. The molecule has 0 aliphatic carbocycles. The van der Waals surface area contributed by atoms with Gasteiger partial charge in [-0.15, -0.1) is 21.5 Å². The molecule has 0 radical (unpaired) electrons. The van der Waals surface area contributed by atoms with Gasteiger partial charge in [-0.1, -0.05) is 29.5 Å². The quantitative estimate of drug-likeness (QED) is 0.559. The van der Waals surface area contributed by atoms with Crippen LogP contribution in [0, 0.1) is 13.8 Å². The van der Waals surface area contributed by atoms with Gasteiger partial charge < -0.3 is 15.2 Å². The normalized spacial score (nSPS) is 11.9. The molecule has 0 spiro atoms. The van der Waals surface area contributed by atoms with Crippen molar-refractivity contribution in [2.24, 2.45) is 7.05 Å². The van der Waals surface area contributed by atoms with E-state index in [1.807, 2.05) is 45.3 Å². The second-order valence-electron chi connectivity index (χ2n) is 6.59. The van der Waals surface area contributed by atoms with E-state index in [4.69, 9.17) is 0 Å². The third-order valence-corrected chi connectivity index (χ3v) is 6.01. The summed E-state index contributed by atoms with van der Waals surface area (Å²) in [7, 11) is 1.81. The number of aryl methyl sites for hydroxylation is 2. The first-order chi connectivity index (χ1) is 13.8. The molecule has 0 bridgehead atoms. The second kappa shape index (κ2) is 9.19. The van der Waals surface area contributed by atoms with E-state index in [2.05, 4.69) is 25.8 Å². The first-order valence-corrected chi connectivity index (χ1v) is 10.8. The van der Waals surface area contributed by atoms with Gasteiger partial charge in [0.2, 0.25) is 5.91 Å². The van der Waals surface area contributed by atoms with Gasteiger partial charge in [0.25, 0.3) is 5.91 Å². The lowest BCUT2D eigenvalue weighted by atomic mass is 10.1. The molecular weight excluding hydrogens is 408 g/mol. The third kappa shape index (κ3) is 5.42. The van der Waals surface area contributed by atoms with E-state index in [0.29, 0.717) is 21.7 Å². The number of benzene rings is 1. The van der Waals surface area contributed by atoms with Gasteiger partial charge in [0, 0.05) is 18.0 Å². The molecule has 10 heteroatoms. The molecule has 29 heavy (non-hydrogen) atoms. The summed E-state index contributed by atoms with van der Waals surface area (Å²) in [6.45, 7) is 5.70. The number of hydrogen-bond acceptors (Lipinski definition) is 7. The number of rotatable bonds is 7. The van der Waals surface area contributed by atoms with Crippen molar-refractivity contribution in [2.75, 3.05) is 11.1 Å². The maximum absolute atomic E-state index is 12.4. The average Bonchev–Trinajstić information content (AvgIpc) is 3.25. The highest BCUT2D eigenvalue weighted by Gasteiger charge is 2.19. The van der Waals surface area contributed by atoms with Gasteiger partial charge in [-0.25, -0.2) is 4.98 Å². The van der Waals surface area contributed by atoms with Gasteiger partial charge in [0.1, 0.15) is 0 Å². The summed E-state index contributed by atoms with van der Waals surface area (Å²) in [5.41, 5.74) is 2.56. The minimum absolute atomic E-state index is 0.158. The van der Waals surface area contributed by atoms with E-state index in [-0.39, 0.29) is 23.6 Å². The summed E-state index contributed by atoms with van der Waals surface area (Å²) >= 11 is 2.67. The van der Waals surface area contributed by atoms with E-state index in [1.165, 1.54) is 23.1 Å². The first kappa shape index (κ1) is 21.0. The van der Waals surface area contributed by atoms with Crippen LogP contribution in [0.15, 0.2) is 34.8 Å². The Kier molecular flexibility index (Phi) is 6.65. The van der Waals surface area contributed by atoms with Crippen LogP contribution >= 0.6 is 23.1 Å². The molecule has 0 unspecified atom stereocenters. The van der Waals surface area contributed by atoms with Gasteiger partial charge in [-0.3, -0.25) is 9.59 Å². The molecule has 152 valence electrons. The number of thioether (sulfide) groups is 1. The zero-order valence-electron chi connectivity index (χ0n) is 16.6. The molecule has 2 amide bonds. The van der Waals surface area contributed by atoms with Gasteiger partial charge in [-0.2, -0.15) is 0 Å². The van der Waals surface area contributed by atoms with Crippen molar-refractivity contribution in [2.45, 2.75) is 32.0 Å². The summed E-state index contributed by atoms with van der Waals surface area (Å²) in [6.07, 6.45) is 0.